The predicted molar refractivity (Wildman–Crippen MR) is 60.2 cm³/mol. The van der Waals surface area contributed by atoms with Crippen molar-refractivity contribution in [1.82, 2.24) is 9.55 Å². The maximum atomic E-state index is 11.3. The molecule has 2 heterocycles. The number of carbonyl (C=O) groups excluding carboxylic acids is 1. The Labute approximate surface area is 97.8 Å². The molecule has 1 aromatic heterocycles. The number of aromatic nitrogens is 2. The van der Waals surface area contributed by atoms with Gasteiger partial charge in [0.2, 0.25) is 0 Å². The molecular weight excluding hydrogens is 227 g/mol. The zero-order valence-corrected chi connectivity index (χ0v) is 9.20. The van der Waals surface area contributed by atoms with E-state index in [0.29, 0.717) is 12.7 Å². The number of H-pyrrole nitrogens is 1. The Hall–Kier alpha value is -1.21. The molecule has 82 valence electrons. The summed E-state index contributed by atoms with van der Waals surface area (Å²) >= 11 is 4.99. The lowest BCUT2D eigenvalue weighted by atomic mass is 9.98. The lowest BCUT2D eigenvalue weighted by molar-refractivity contribution is 0.0353. The van der Waals surface area contributed by atoms with Crippen molar-refractivity contribution in [3.63, 3.8) is 0 Å². The Morgan fingerprint density at radius 3 is 2.94 bits per heavy atom. The molecule has 1 saturated heterocycles. The van der Waals surface area contributed by atoms with E-state index in [-0.39, 0.29) is 22.6 Å². The van der Waals surface area contributed by atoms with Crippen LogP contribution in [0.2, 0.25) is 0 Å². The second-order valence-electron chi connectivity index (χ2n) is 3.58. The molecule has 2 radical (unpaired) electrons. The molecule has 1 aromatic rings. The summed E-state index contributed by atoms with van der Waals surface area (Å²) in [5, 5.41) is 0. The van der Waals surface area contributed by atoms with Crippen molar-refractivity contribution in [2.75, 3.05) is 0 Å². The smallest absolute Gasteiger partial charge is 0.262 e. The van der Waals surface area contributed by atoms with E-state index in [9.17, 15) is 9.59 Å². The fourth-order valence-corrected chi connectivity index (χ4v) is 1.91. The molecule has 0 saturated carbocycles. The van der Waals surface area contributed by atoms with Crippen LogP contribution in [0.5, 0.6) is 0 Å². The third-order valence-corrected chi connectivity index (χ3v) is 2.78. The van der Waals surface area contributed by atoms with E-state index in [1.807, 2.05) is 0 Å². The van der Waals surface area contributed by atoms with E-state index >= 15 is 0 Å². The summed E-state index contributed by atoms with van der Waals surface area (Å²) < 4.78 is 7.18. The minimum absolute atomic E-state index is 0.0256. The Balaban J connectivity index is 2.45. The number of rotatable bonds is 2. The van der Waals surface area contributed by atoms with Crippen molar-refractivity contribution >= 4 is 26.4 Å². The minimum atomic E-state index is -0.487. The molecular formula is C9H9BN2O3S. The maximum absolute atomic E-state index is 11.3. The molecule has 2 rings (SSSR count). The average molecular weight is 236 g/mol. The summed E-state index contributed by atoms with van der Waals surface area (Å²) in [4.78, 5) is 24.3. The van der Waals surface area contributed by atoms with Crippen molar-refractivity contribution in [2.45, 2.75) is 25.1 Å². The van der Waals surface area contributed by atoms with Crippen LogP contribution in [-0.2, 0) is 4.74 Å². The number of hydrogen-bond acceptors (Lipinski definition) is 4. The van der Waals surface area contributed by atoms with Crippen LogP contribution in [0.15, 0.2) is 11.0 Å². The summed E-state index contributed by atoms with van der Waals surface area (Å²) in [6.45, 7) is 0. The number of aldehydes is 1. The standard InChI is InChI=1S/C9H9BN2O3S/c10-6-1-2-7(15-6)12-3-5(4-13)8(14)11-9(12)16/h3-4,6-7H,1-2H2,(H,11,14,16)/t6-,7?/m0/s1. The molecule has 2 atom stereocenters. The van der Waals surface area contributed by atoms with Gasteiger partial charge < -0.3 is 4.74 Å². The molecule has 7 heteroatoms. The second-order valence-corrected chi connectivity index (χ2v) is 3.96. The SMILES string of the molecule is [B][C@@H]1CCC(n2cc(C=O)c(=O)[nH]c2=S)O1. The zero-order valence-electron chi connectivity index (χ0n) is 8.38. The van der Waals surface area contributed by atoms with Gasteiger partial charge in [-0.2, -0.15) is 0 Å². The molecule has 0 amide bonds. The van der Waals surface area contributed by atoms with E-state index in [1.54, 1.807) is 4.57 Å². The number of aromatic amines is 1. The lowest BCUT2D eigenvalue weighted by Gasteiger charge is -2.15. The number of carbonyl (C=O) groups is 1. The minimum Gasteiger partial charge on any atom is -0.365 e. The van der Waals surface area contributed by atoms with Gasteiger partial charge in [0.1, 0.15) is 14.1 Å². The monoisotopic (exact) mass is 236 g/mol. The van der Waals surface area contributed by atoms with E-state index in [0.717, 1.165) is 6.42 Å². The molecule has 1 unspecified atom stereocenters. The molecule has 1 aliphatic rings. The van der Waals surface area contributed by atoms with Gasteiger partial charge in [0.05, 0.1) is 5.56 Å². The summed E-state index contributed by atoms with van der Waals surface area (Å²) in [5.41, 5.74) is -0.462. The first-order valence-electron chi connectivity index (χ1n) is 4.83. The highest BCUT2D eigenvalue weighted by atomic mass is 32.1. The molecule has 0 bridgehead atoms. The van der Waals surface area contributed by atoms with Crippen molar-refractivity contribution in [2.24, 2.45) is 0 Å². The van der Waals surface area contributed by atoms with Crippen LogP contribution < -0.4 is 5.56 Å². The van der Waals surface area contributed by atoms with Gasteiger partial charge in [-0.1, -0.05) is 0 Å². The Morgan fingerprint density at radius 2 is 2.38 bits per heavy atom. The summed E-state index contributed by atoms with van der Waals surface area (Å²) in [6, 6.07) is -0.321. The fraction of sp³-hybridized carbons (Fsp3) is 0.444. The Morgan fingerprint density at radius 1 is 1.62 bits per heavy atom. The molecule has 0 spiro atoms. The van der Waals surface area contributed by atoms with Crippen LogP contribution in [0.1, 0.15) is 29.4 Å². The van der Waals surface area contributed by atoms with E-state index in [2.05, 4.69) is 4.98 Å². The highest BCUT2D eigenvalue weighted by Crippen LogP contribution is 2.26. The van der Waals surface area contributed by atoms with Gasteiger partial charge in [0.15, 0.2) is 11.1 Å². The van der Waals surface area contributed by atoms with Gasteiger partial charge in [0, 0.05) is 12.2 Å². The van der Waals surface area contributed by atoms with Gasteiger partial charge in [-0.25, -0.2) is 0 Å². The first-order valence-corrected chi connectivity index (χ1v) is 5.24. The second kappa shape index (κ2) is 4.35. The molecule has 16 heavy (non-hydrogen) atoms. The summed E-state index contributed by atoms with van der Waals surface area (Å²) in [7, 11) is 5.60. The third-order valence-electron chi connectivity index (χ3n) is 2.46. The van der Waals surface area contributed by atoms with Crippen LogP contribution in [0.25, 0.3) is 0 Å². The molecule has 1 aliphatic heterocycles. The molecule has 0 aliphatic carbocycles. The predicted octanol–water partition coefficient (Wildman–Crippen LogP) is 0.522. The summed E-state index contributed by atoms with van der Waals surface area (Å²) in [5.74, 6) is 0. The Bertz CT molecular complexity index is 524. The van der Waals surface area contributed by atoms with Crippen molar-refractivity contribution in [3.8, 4) is 0 Å². The summed E-state index contributed by atoms with van der Waals surface area (Å²) in [6.07, 6.45) is 3.01. The number of hydrogen-bond donors (Lipinski definition) is 1. The zero-order chi connectivity index (χ0) is 11.7. The van der Waals surface area contributed by atoms with E-state index < -0.39 is 5.56 Å². The van der Waals surface area contributed by atoms with Crippen molar-refractivity contribution < 1.29 is 9.53 Å². The van der Waals surface area contributed by atoms with E-state index in [4.69, 9.17) is 24.8 Å². The average Bonchev–Trinajstić information content (AvgIpc) is 2.65. The maximum Gasteiger partial charge on any atom is 0.262 e. The van der Waals surface area contributed by atoms with Crippen LogP contribution >= 0.6 is 12.2 Å². The van der Waals surface area contributed by atoms with Gasteiger partial charge in [-0.15, -0.1) is 0 Å². The van der Waals surface area contributed by atoms with E-state index in [1.165, 1.54) is 6.20 Å². The molecule has 1 fully saturated rings. The number of ether oxygens (including phenoxy) is 1. The van der Waals surface area contributed by atoms with Crippen molar-refractivity contribution in [3.05, 3.63) is 26.9 Å². The first kappa shape index (κ1) is 11.3. The molecule has 5 nitrogen and oxygen atoms in total. The van der Waals surface area contributed by atoms with Crippen molar-refractivity contribution in [1.29, 1.82) is 0 Å². The van der Waals surface area contributed by atoms with Crippen LogP contribution in [0.4, 0.5) is 0 Å². The van der Waals surface area contributed by atoms with Crippen LogP contribution in [-0.4, -0.2) is 29.7 Å². The molecule has 0 aromatic carbocycles. The quantitative estimate of drug-likeness (QED) is 0.462. The lowest BCUT2D eigenvalue weighted by Crippen LogP contribution is -2.21. The normalized spacial score (nSPS) is 24.5. The van der Waals surface area contributed by atoms with Gasteiger partial charge in [-0.05, 0) is 25.1 Å². The molecule has 1 N–H and O–H groups in total. The van der Waals surface area contributed by atoms with Crippen LogP contribution in [0.3, 0.4) is 0 Å². The van der Waals surface area contributed by atoms with Gasteiger partial charge in [0.25, 0.3) is 5.56 Å². The topological polar surface area (TPSA) is 64.1 Å². The fourth-order valence-electron chi connectivity index (χ4n) is 1.65. The van der Waals surface area contributed by atoms with Gasteiger partial charge >= 0.3 is 0 Å². The Kier molecular flexibility index (Phi) is 3.07. The largest absolute Gasteiger partial charge is 0.365 e. The highest BCUT2D eigenvalue weighted by Gasteiger charge is 2.23. The third kappa shape index (κ3) is 2.01. The van der Waals surface area contributed by atoms with Crippen LogP contribution in [0, 0.1) is 4.77 Å². The van der Waals surface area contributed by atoms with Gasteiger partial charge in [-0.3, -0.25) is 19.1 Å². The highest BCUT2D eigenvalue weighted by molar-refractivity contribution is 7.71. The number of nitrogens with one attached hydrogen (secondary N) is 1. The first-order chi connectivity index (χ1) is 7.61. The number of nitrogens with zero attached hydrogens (tertiary/aromatic N) is 1.